The summed E-state index contributed by atoms with van der Waals surface area (Å²) in [6.45, 7) is 6.84. The van der Waals surface area contributed by atoms with E-state index in [0.717, 1.165) is 43.6 Å². The number of aromatic nitrogens is 1. The fourth-order valence-corrected chi connectivity index (χ4v) is 3.70. The Balaban J connectivity index is 1.94. The van der Waals surface area contributed by atoms with Gasteiger partial charge in [0, 0.05) is 23.8 Å². The van der Waals surface area contributed by atoms with Crippen molar-refractivity contribution in [2.45, 2.75) is 77.0 Å². The highest BCUT2D eigenvalue weighted by molar-refractivity contribution is 5.88. The Labute approximate surface area is 151 Å². The van der Waals surface area contributed by atoms with E-state index in [-0.39, 0.29) is 12.1 Å². The highest BCUT2D eigenvalue weighted by atomic mass is 16.6. The van der Waals surface area contributed by atoms with Crippen LogP contribution in [-0.4, -0.2) is 41.2 Å². The summed E-state index contributed by atoms with van der Waals surface area (Å²) in [6, 6.07) is 4.64. The smallest absolute Gasteiger partial charge is 0.416 e. The topological polar surface area (TPSA) is 45.7 Å². The molecule has 2 aliphatic rings. The number of rotatable bonds is 3. The van der Waals surface area contributed by atoms with Crippen LogP contribution in [0.5, 0.6) is 0 Å². The maximum absolute atomic E-state index is 13.0. The number of carbonyl (C=O) groups is 1. The zero-order chi connectivity index (χ0) is 18.0. The van der Waals surface area contributed by atoms with Crippen LogP contribution in [0.3, 0.4) is 0 Å². The maximum atomic E-state index is 13.0. The monoisotopic (exact) mass is 345 g/mol. The zero-order valence-electron chi connectivity index (χ0n) is 16.0. The Morgan fingerprint density at radius 1 is 1.24 bits per heavy atom. The second kappa shape index (κ2) is 7.32. The predicted molar refractivity (Wildman–Crippen MR) is 99.8 cm³/mol. The predicted octanol–water partition coefficient (Wildman–Crippen LogP) is 4.53. The van der Waals surface area contributed by atoms with E-state index >= 15 is 0 Å². The third kappa shape index (κ3) is 4.14. The molecular weight excluding hydrogens is 314 g/mol. The van der Waals surface area contributed by atoms with E-state index in [1.807, 2.05) is 31.7 Å². The van der Waals surface area contributed by atoms with Gasteiger partial charge >= 0.3 is 6.09 Å². The van der Waals surface area contributed by atoms with Crippen LogP contribution < -0.4 is 4.90 Å². The summed E-state index contributed by atoms with van der Waals surface area (Å²) >= 11 is 0. The quantitative estimate of drug-likeness (QED) is 0.807. The second-order valence-corrected chi connectivity index (χ2v) is 8.34. The molecule has 0 spiro atoms. The lowest BCUT2D eigenvalue weighted by atomic mass is 9.90. The summed E-state index contributed by atoms with van der Waals surface area (Å²) in [5.41, 5.74) is 0.651. The van der Waals surface area contributed by atoms with Crippen molar-refractivity contribution < 1.29 is 9.53 Å². The van der Waals surface area contributed by atoms with Crippen LogP contribution in [0.4, 0.5) is 10.6 Å². The molecule has 1 atom stereocenters. The Morgan fingerprint density at radius 2 is 2.00 bits per heavy atom. The Bertz CT molecular complexity index is 607. The van der Waals surface area contributed by atoms with E-state index in [1.54, 1.807) is 6.20 Å². The first kappa shape index (κ1) is 18.2. The summed E-state index contributed by atoms with van der Waals surface area (Å²) in [5, 5.41) is 0. The minimum atomic E-state index is -0.504. The minimum absolute atomic E-state index is 0.206. The Morgan fingerprint density at radius 3 is 2.60 bits per heavy atom. The molecule has 1 unspecified atom stereocenters. The molecule has 1 saturated heterocycles. The number of nitrogens with zero attached hydrogens (tertiary/aromatic N) is 3. The summed E-state index contributed by atoms with van der Waals surface area (Å²) in [5.74, 6) is 0.792. The van der Waals surface area contributed by atoms with Gasteiger partial charge in [-0.15, -0.1) is 0 Å². The van der Waals surface area contributed by atoms with E-state index in [9.17, 15) is 4.79 Å². The van der Waals surface area contributed by atoms with Crippen LogP contribution in [0.1, 0.15) is 70.9 Å². The first-order chi connectivity index (χ1) is 11.9. The van der Waals surface area contributed by atoms with E-state index < -0.39 is 5.60 Å². The van der Waals surface area contributed by atoms with Gasteiger partial charge in [-0.2, -0.15) is 0 Å². The molecule has 0 N–H and O–H groups in total. The lowest BCUT2D eigenvalue weighted by molar-refractivity contribution is 0.0546. The van der Waals surface area contributed by atoms with Crippen molar-refractivity contribution in [2.75, 3.05) is 18.5 Å². The van der Waals surface area contributed by atoms with Crippen molar-refractivity contribution in [1.82, 2.24) is 9.88 Å². The number of amides is 1. The fourth-order valence-electron chi connectivity index (χ4n) is 3.70. The molecule has 1 aromatic heterocycles. The van der Waals surface area contributed by atoms with Gasteiger partial charge in [-0.25, -0.2) is 9.78 Å². The average Bonchev–Trinajstić information content (AvgIpc) is 2.49. The Kier molecular flexibility index (Phi) is 5.32. The van der Waals surface area contributed by atoms with Gasteiger partial charge in [-0.1, -0.05) is 12.5 Å². The van der Waals surface area contributed by atoms with Gasteiger partial charge in [0.15, 0.2) is 0 Å². The van der Waals surface area contributed by atoms with Crippen LogP contribution in [-0.2, 0) is 4.74 Å². The first-order valence-electron chi connectivity index (χ1n) is 9.54. The third-order valence-corrected chi connectivity index (χ3v) is 5.20. The average molecular weight is 345 g/mol. The number of hydrogen-bond acceptors (Lipinski definition) is 4. The van der Waals surface area contributed by atoms with E-state index in [1.165, 1.54) is 12.8 Å². The zero-order valence-corrected chi connectivity index (χ0v) is 16.0. The van der Waals surface area contributed by atoms with Gasteiger partial charge < -0.3 is 4.74 Å². The minimum Gasteiger partial charge on any atom is -0.443 e. The third-order valence-electron chi connectivity index (χ3n) is 5.20. The van der Waals surface area contributed by atoms with Crippen molar-refractivity contribution in [1.29, 1.82) is 0 Å². The molecular formula is C20H31N3O2. The van der Waals surface area contributed by atoms with E-state index in [0.29, 0.717) is 6.04 Å². The van der Waals surface area contributed by atoms with Crippen molar-refractivity contribution in [3.63, 3.8) is 0 Å². The summed E-state index contributed by atoms with van der Waals surface area (Å²) in [7, 11) is 2.17. The van der Waals surface area contributed by atoms with Gasteiger partial charge in [-0.05, 0) is 72.5 Å². The molecule has 1 aliphatic heterocycles. The van der Waals surface area contributed by atoms with Crippen molar-refractivity contribution in [2.24, 2.45) is 0 Å². The van der Waals surface area contributed by atoms with Crippen LogP contribution >= 0.6 is 0 Å². The van der Waals surface area contributed by atoms with E-state index in [2.05, 4.69) is 23.0 Å². The van der Waals surface area contributed by atoms with Gasteiger partial charge in [0.25, 0.3) is 0 Å². The number of ether oxygens (including phenoxy) is 1. The van der Waals surface area contributed by atoms with E-state index in [4.69, 9.17) is 4.74 Å². The number of anilines is 1. The van der Waals surface area contributed by atoms with Crippen LogP contribution in [0.15, 0.2) is 18.3 Å². The van der Waals surface area contributed by atoms with Crippen LogP contribution in [0.2, 0.25) is 0 Å². The highest BCUT2D eigenvalue weighted by Gasteiger charge is 2.37. The van der Waals surface area contributed by atoms with Crippen LogP contribution in [0, 0.1) is 0 Å². The molecule has 1 saturated carbocycles. The van der Waals surface area contributed by atoms with Gasteiger partial charge in [0.05, 0.1) is 0 Å². The molecule has 2 heterocycles. The lowest BCUT2D eigenvalue weighted by Crippen LogP contribution is -2.48. The molecule has 0 bridgehead atoms. The lowest BCUT2D eigenvalue weighted by Gasteiger charge is -2.40. The van der Waals surface area contributed by atoms with Crippen molar-refractivity contribution in [3.05, 3.63) is 23.9 Å². The Hall–Kier alpha value is -1.62. The molecule has 1 aromatic rings. The first-order valence-corrected chi connectivity index (χ1v) is 9.54. The summed E-state index contributed by atoms with van der Waals surface area (Å²) in [4.78, 5) is 21.8. The molecule has 5 nitrogen and oxygen atoms in total. The summed E-state index contributed by atoms with van der Waals surface area (Å²) < 4.78 is 5.71. The normalized spacial score (nSPS) is 22.3. The maximum Gasteiger partial charge on any atom is 0.416 e. The molecule has 0 radical (unpaired) electrons. The number of carbonyl (C=O) groups excluding carboxylic acids is 1. The SMILES string of the molecule is CN1CCCCC1c1cccnc1N(C(=O)OC(C)(C)C)C1CCC1. The number of pyridine rings is 1. The molecule has 1 amide bonds. The highest BCUT2D eigenvalue weighted by Crippen LogP contribution is 2.38. The molecule has 5 heteroatoms. The van der Waals surface area contributed by atoms with Crippen LogP contribution in [0.25, 0.3) is 0 Å². The molecule has 2 fully saturated rings. The number of likely N-dealkylation sites (tertiary alicyclic amines) is 1. The second-order valence-electron chi connectivity index (χ2n) is 8.34. The molecule has 25 heavy (non-hydrogen) atoms. The largest absolute Gasteiger partial charge is 0.443 e. The van der Waals surface area contributed by atoms with Gasteiger partial charge in [-0.3, -0.25) is 9.80 Å². The van der Waals surface area contributed by atoms with Gasteiger partial charge in [0.1, 0.15) is 11.4 Å². The number of hydrogen-bond donors (Lipinski definition) is 0. The molecule has 138 valence electrons. The molecule has 0 aromatic carbocycles. The number of piperidine rings is 1. The molecule has 3 rings (SSSR count). The summed E-state index contributed by atoms with van der Waals surface area (Å²) in [6.07, 6.45) is 8.30. The van der Waals surface area contributed by atoms with Gasteiger partial charge in [0.2, 0.25) is 0 Å². The van der Waals surface area contributed by atoms with Crippen molar-refractivity contribution >= 4 is 11.9 Å². The standard InChI is InChI=1S/C20H31N3O2/c1-20(2,3)25-19(24)23(15-9-7-10-15)18-16(11-8-13-21-18)17-12-5-6-14-22(17)4/h8,11,13,15,17H,5-7,9-10,12,14H2,1-4H3. The fraction of sp³-hybridized carbons (Fsp3) is 0.700. The van der Waals surface area contributed by atoms with Crippen molar-refractivity contribution in [3.8, 4) is 0 Å². The molecule has 1 aliphatic carbocycles.